The summed E-state index contributed by atoms with van der Waals surface area (Å²) in [7, 11) is -1.09. The first kappa shape index (κ1) is 17.5. The monoisotopic (exact) mass is 320 g/mol. The Hall–Kier alpha value is -1.55. The molecule has 0 saturated heterocycles. The number of methoxy groups -OCH3 is 2. The molecule has 0 saturated carbocycles. The van der Waals surface area contributed by atoms with Crippen LogP contribution >= 0.6 is 0 Å². The minimum Gasteiger partial charge on any atom is -0.382 e. The molecule has 0 aliphatic rings. The maximum absolute atomic E-state index is 13.6. The van der Waals surface area contributed by atoms with Crippen molar-refractivity contribution in [3.05, 3.63) is 29.6 Å². The average molecular weight is 320 g/mol. The van der Waals surface area contributed by atoms with Gasteiger partial charge >= 0.3 is 0 Å². The second-order valence-electron chi connectivity index (χ2n) is 4.21. The van der Waals surface area contributed by atoms with E-state index in [1.807, 2.05) is 0 Å². The van der Waals surface area contributed by atoms with Crippen LogP contribution in [0.15, 0.2) is 23.1 Å². The lowest BCUT2D eigenvalue weighted by atomic mass is 10.2. The van der Waals surface area contributed by atoms with Crippen LogP contribution in [0.1, 0.15) is 10.4 Å². The lowest BCUT2D eigenvalue weighted by Crippen LogP contribution is -2.36. The Labute approximate surface area is 122 Å². The summed E-state index contributed by atoms with van der Waals surface area (Å²) in [4.78, 5) is 11.5. The van der Waals surface area contributed by atoms with Gasteiger partial charge in [0.05, 0.1) is 23.2 Å². The molecule has 1 aromatic carbocycles. The van der Waals surface area contributed by atoms with Gasteiger partial charge in [-0.3, -0.25) is 4.79 Å². The van der Waals surface area contributed by atoms with Crippen LogP contribution in [0.2, 0.25) is 0 Å². The highest BCUT2D eigenvalue weighted by molar-refractivity contribution is 7.89. The van der Waals surface area contributed by atoms with Gasteiger partial charge in [0.15, 0.2) is 0 Å². The molecule has 0 bridgehead atoms. The third-order valence-corrected chi connectivity index (χ3v) is 3.60. The Morgan fingerprint density at radius 3 is 2.62 bits per heavy atom. The van der Waals surface area contributed by atoms with Crippen molar-refractivity contribution < 1.29 is 27.1 Å². The number of nitrogens with two attached hydrogens (primary N) is 1. The molecule has 0 aromatic heterocycles. The number of carbonyl (C=O) groups is 1. The predicted octanol–water partition coefficient (Wildman–Crippen LogP) is -0.136. The molecule has 0 spiro atoms. The molecule has 0 aliphatic heterocycles. The van der Waals surface area contributed by atoms with Crippen molar-refractivity contribution in [2.75, 3.05) is 27.4 Å². The van der Waals surface area contributed by atoms with Crippen molar-refractivity contribution in [1.82, 2.24) is 5.32 Å². The van der Waals surface area contributed by atoms with Gasteiger partial charge in [0.25, 0.3) is 5.91 Å². The summed E-state index contributed by atoms with van der Waals surface area (Å²) < 4.78 is 45.9. The number of hydrogen-bond donors (Lipinski definition) is 2. The van der Waals surface area contributed by atoms with Gasteiger partial charge in [-0.25, -0.2) is 17.9 Å². The van der Waals surface area contributed by atoms with Crippen LogP contribution in [-0.2, 0) is 19.5 Å². The number of benzene rings is 1. The molecule has 1 rings (SSSR count). The third kappa shape index (κ3) is 5.05. The highest BCUT2D eigenvalue weighted by Crippen LogP contribution is 2.14. The molecular formula is C12H17FN2O5S. The van der Waals surface area contributed by atoms with E-state index in [0.717, 1.165) is 18.2 Å². The summed E-state index contributed by atoms with van der Waals surface area (Å²) in [6, 6.07) is 2.75. The van der Waals surface area contributed by atoms with Crippen molar-refractivity contribution >= 4 is 15.9 Å². The van der Waals surface area contributed by atoms with Crippen LogP contribution in [0, 0.1) is 5.82 Å². The zero-order valence-corrected chi connectivity index (χ0v) is 12.4. The summed E-state index contributed by atoms with van der Waals surface area (Å²) in [5.74, 6) is -1.61. The van der Waals surface area contributed by atoms with Gasteiger partial charge in [-0.1, -0.05) is 0 Å². The predicted molar refractivity (Wildman–Crippen MR) is 72.8 cm³/mol. The number of amides is 1. The second-order valence-corrected chi connectivity index (χ2v) is 5.77. The van der Waals surface area contributed by atoms with E-state index in [1.54, 1.807) is 0 Å². The van der Waals surface area contributed by atoms with Gasteiger partial charge < -0.3 is 14.8 Å². The fourth-order valence-electron chi connectivity index (χ4n) is 1.55. The molecule has 21 heavy (non-hydrogen) atoms. The highest BCUT2D eigenvalue weighted by Gasteiger charge is 2.18. The van der Waals surface area contributed by atoms with Crippen LogP contribution < -0.4 is 10.5 Å². The summed E-state index contributed by atoms with van der Waals surface area (Å²) in [5, 5.41) is 7.38. The minimum absolute atomic E-state index is 0.0855. The van der Waals surface area contributed by atoms with E-state index in [4.69, 9.17) is 14.6 Å². The number of sulfonamides is 1. The summed E-state index contributed by atoms with van der Waals surface area (Å²) in [6.45, 7) is 0.332. The lowest BCUT2D eigenvalue weighted by molar-refractivity contribution is 0.0285. The Bertz CT molecular complexity index is 606. The van der Waals surface area contributed by atoms with E-state index in [9.17, 15) is 17.6 Å². The largest absolute Gasteiger partial charge is 0.382 e. The smallest absolute Gasteiger partial charge is 0.254 e. The molecule has 118 valence electrons. The van der Waals surface area contributed by atoms with Crippen LogP contribution in [-0.4, -0.2) is 47.8 Å². The molecule has 0 radical (unpaired) electrons. The maximum atomic E-state index is 13.6. The number of ether oxygens (including phenoxy) is 2. The first-order valence-corrected chi connectivity index (χ1v) is 7.46. The van der Waals surface area contributed by atoms with Crippen LogP contribution in [0.5, 0.6) is 0 Å². The Kier molecular flexibility index (Phi) is 6.21. The van der Waals surface area contributed by atoms with Gasteiger partial charge in [0.2, 0.25) is 10.0 Å². The van der Waals surface area contributed by atoms with E-state index in [2.05, 4.69) is 5.32 Å². The standard InChI is InChI=1S/C12H17FN2O5S/c1-19-7-8(20-2)6-15-12(16)10-5-9(21(14,17)18)3-4-11(10)13/h3-5,8H,6-7H2,1-2H3,(H,15,16)(H2,14,17,18). The summed E-state index contributed by atoms with van der Waals surface area (Å²) in [6.07, 6.45) is -0.400. The van der Waals surface area contributed by atoms with E-state index >= 15 is 0 Å². The second kappa shape index (κ2) is 7.46. The lowest BCUT2D eigenvalue weighted by Gasteiger charge is -2.15. The van der Waals surface area contributed by atoms with E-state index in [1.165, 1.54) is 14.2 Å². The third-order valence-electron chi connectivity index (χ3n) is 2.69. The van der Waals surface area contributed by atoms with E-state index < -0.39 is 33.4 Å². The first-order valence-electron chi connectivity index (χ1n) is 5.92. The van der Waals surface area contributed by atoms with Crippen molar-refractivity contribution in [2.45, 2.75) is 11.0 Å². The fraction of sp³-hybridized carbons (Fsp3) is 0.417. The van der Waals surface area contributed by atoms with Gasteiger partial charge in [-0.05, 0) is 18.2 Å². The van der Waals surface area contributed by atoms with Gasteiger partial charge in [-0.2, -0.15) is 0 Å². The van der Waals surface area contributed by atoms with Gasteiger partial charge in [0.1, 0.15) is 5.82 Å². The molecular weight excluding hydrogens is 303 g/mol. The molecule has 9 heteroatoms. The SMILES string of the molecule is COCC(CNC(=O)c1cc(S(N)(=O)=O)ccc1F)OC. The maximum Gasteiger partial charge on any atom is 0.254 e. The Balaban J connectivity index is 2.87. The zero-order chi connectivity index (χ0) is 16.0. The quantitative estimate of drug-likeness (QED) is 0.727. The van der Waals surface area contributed by atoms with Crippen LogP contribution in [0.3, 0.4) is 0 Å². The Morgan fingerprint density at radius 1 is 1.43 bits per heavy atom. The van der Waals surface area contributed by atoms with Gasteiger partial charge in [-0.15, -0.1) is 0 Å². The number of rotatable bonds is 7. The molecule has 1 atom stereocenters. The number of halogens is 1. The molecule has 0 aliphatic carbocycles. The number of primary sulfonamides is 1. The molecule has 7 nitrogen and oxygen atoms in total. The van der Waals surface area contributed by atoms with E-state index in [-0.39, 0.29) is 18.0 Å². The molecule has 0 fully saturated rings. The van der Waals surface area contributed by atoms with E-state index in [0.29, 0.717) is 0 Å². The summed E-state index contributed by atoms with van der Waals surface area (Å²) in [5.41, 5.74) is -0.409. The molecule has 1 amide bonds. The molecule has 3 N–H and O–H groups in total. The van der Waals surface area contributed by atoms with Crippen molar-refractivity contribution in [1.29, 1.82) is 0 Å². The Morgan fingerprint density at radius 2 is 2.10 bits per heavy atom. The van der Waals surface area contributed by atoms with Gasteiger partial charge in [0, 0.05) is 20.8 Å². The van der Waals surface area contributed by atoms with Crippen molar-refractivity contribution in [3.63, 3.8) is 0 Å². The number of nitrogens with one attached hydrogen (secondary N) is 1. The van der Waals surface area contributed by atoms with Crippen molar-refractivity contribution in [2.24, 2.45) is 5.14 Å². The molecule has 1 aromatic rings. The highest BCUT2D eigenvalue weighted by atomic mass is 32.2. The minimum atomic E-state index is -4.01. The summed E-state index contributed by atoms with van der Waals surface area (Å²) >= 11 is 0. The topological polar surface area (TPSA) is 108 Å². The van der Waals surface area contributed by atoms with Crippen molar-refractivity contribution in [3.8, 4) is 0 Å². The molecule has 0 heterocycles. The number of carbonyl (C=O) groups excluding carboxylic acids is 1. The fourth-order valence-corrected chi connectivity index (χ4v) is 2.09. The average Bonchev–Trinajstić information content (AvgIpc) is 2.42. The number of hydrogen-bond acceptors (Lipinski definition) is 5. The first-order chi connectivity index (χ1) is 9.79. The van der Waals surface area contributed by atoms with Crippen LogP contribution in [0.4, 0.5) is 4.39 Å². The zero-order valence-electron chi connectivity index (χ0n) is 11.6. The molecule has 1 unspecified atom stereocenters. The normalized spacial score (nSPS) is 13.0. The van der Waals surface area contributed by atoms with Crippen LogP contribution in [0.25, 0.3) is 0 Å².